The fourth-order valence-corrected chi connectivity index (χ4v) is 2.84. The van der Waals surface area contributed by atoms with Crippen LogP contribution in [-0.4, -0.2) is 20.4 Å². The number of imidazole rings is 1. The van der Waals surface area contributed by atoms with Gasteiger partial charge in [-0.15, -0.1) is 0 Å². The van der Waals surface area contributed by atoms with Crippen molar-refractivity contribution in [1.29, 1.82) is 0 Å². The first kappa shape index (κ1) is 18.8. The second kappa shape index (κ2) is 7.75. The van der Waals surface area contributed by atoms with Crippen LogP contribution in [0.5, 0.6) is 0 Å². The summed E-state index contributed by atoms with van der Waals surface area (Å²) in [6, 6.07) is 3.41. The highest BCUT2D eigenvalue weighted by atomic mass is 79.9. The number of pyridine rings is 1. The molecular formula is C18H12BrF3N4O. The molecule has 1 amide bonds. The Kier molecular flexibility index (Phi) is 5.41. The third-order valence-corrected chi connectivity index (χ3v) is 4.24. The van der Waals surface area contributed by atoms with Crippen molar-refractivity contribution >= 4 is 33.7 Å². The van der Waals surface area contributed by atoms with Gasteiger partial charge in [-0.25, -0.2) is 18.2 Å². The van der Waals surface area contributed by atoms with Crippen LogP contribution < -0.4 is 5.32 Å². The van der Waals surface area contributed by atoms with Crippen LogP contribution in [0.3, 0.4) is 0 Å². The van der Waals surface area contributed by atoms with E-state index in [1.54, 1.807) is 12.1 Å². The molecule has 0 radical (unpaired) electrons. The van der Waals surface area contributed by atoms with E-state index >= 15 is 0 Å². The number of nitrogens with one attached hydrogen (secondary N) is 1. The number of hydrogen-bond donors (Lipinski definition) is 1. The van der Waals surface area contributed by atoms with Gasteiger partial charge in [-0.1, -0.05) is 6.58 Å². The number of aromatic nitrogens is 3. The Morgan fingerprint density at radius 1 is 1.22 bits per heavy atom. The minimum Gasteiger partial charge on any atom is -0.331 e. The summed E-state index contributed by atoms with van der Waals surface area (Å²) in [5.41, 5.74) is 1.13. The first-order valence-electron chi connectivity index (χ1n) is 7.62. The van der Waals surface area contributed by atoms with E-state index in [0.717, 1.165) is 12.1 Å². The topological polar surface area (TPSA) is 59.8 Å². The lowest BCUT2D eigenvalue weighted by Gasteiger charge is -2.05. The molecule has 0 saturated carbocycles. The molecule has 0 spiro atoms. The Morgan fingerprint density at radius 2 is 1.93 bits per heavy atom. The van der Waals surface area contributed by atoms with E-state index in [1.807, 2.05) is 0 Å². The quantitative estimate of drug-likeness (QED) is 0.602. The van der Waals surface area contributed by atoms with E-state index in [1.165, 1.54) is 23.3 Å². The van der Waals surface area contributed by atoms with Gasteiger partial charge in [-0.05, 0) is 45.8 Å². The maximum absolute atomic E-state index is 13.3. The van der Waals surface area contributed by atoms with Gasteiger partial charge in [-0.2, -0.15) is 0 Å². The fraction of sp³-hybridized carbons (Fsp3) is 0.0556. The molecule has 0 saturated heterocycles. The average Bonchev–Trinajstić information content (AvgIpc) is 3.06. The summed E-state index contributed by atoms with van der Waals surface area (Å²) >= 11 is 3.30. The lowest BCUT2D eigenvalue weighted by molar-refractivity contribution is 0.102. The second-order valence-electron chi connectivity index (χ2n) is 5.55. The fourth-order valence-electron chi connectivity index (χ4n) is 2.33. The Bertz CT molecular complexity index is 1010. The van der Waals surface area contributed by atoms with Crippen molar-refractivity contribution in [2.24, 2.45) is 0 Å². The highest BCUT2D eigenvalue weighted by Gasteiger charge is 2.13. The molecule has 0 aliphatic heterocycles. The molecule has 3 aromatic rings. The number of benzene rings is 1. The van der Waals surface area contributed by atoms with Gasteiger partial charge in [0.2, 0.25) is 0 Å². The van der Waals surface area contributed by atoms with Gasteiger partial charge in [0, 0.05) is 23.4 Å². The monoisotopic (exact) mass is 436 g/mol. The molecule has 0 fully saturated rings. The zero-order valence-corrected chi connectivity index (χ0v) is 15.3. The van der Waals surface area contributed by atoms with Crippen LogP contribution in [0.25, 0.3) is 6.08 Å². The summed E-state index contributed by atoms with van der Waals surface area (Å²) in [7, 11) is 0. The van der Waals surface area contributed by atoms with E-state index in [2.05, 4.69) is 37.8 Å². The second-order valence-corrected chi connectivity index (χ2v) is 6.41. The number of nitrogens with zero attached hydrogens (tertiary/aromatic N) is 3. The number of halogens is 4. The average molecular weight is 437 g/mol. The van der Waals surface area contributed by atoms with Crippen molar-refractivity contribution in [3.05, 3.63) is 82.2 Å². The summed E-state index contributed by atoms with van der Waals surface area (Å²) < 4.78 is 41.7. The third-order valence-electron chi connectivity index (χ3n) is 3.61. The summed E-state index contributed by atoms with van der Waals surface area (Å²) in [5, 5.41) is 2.60. The van der Waals surface area contributed by atoms with E-state index in [9.17, 15) is 18.0 Å². The van der Waals surface area contributed by atoms with E-state index < -0.39 is 23.4 Å². The van der Waals surface area contributed by atoms with Crippen LogP contribution in [0.1, 0.15) is 21.6 Å². The zero-order valence-electron chi connectivity index (χ0n) is 13.7. The van der Waals surface area contributed by atoms with Gasteiger partial charge in [0.05, 0.1) is 17.6 Å². The third kappa shape index (κ3) is 4.25. The summed E-state index contributed by atoms with van der Waals surface area (Å²) in [6.07, 6.45) is 5.81. The van der Waals surface area contributed by atoms with Crippen molar-refractivity contribution in [1.82, 2.24) is 14.5 Å². The highest BCUT2D eigenvalue weighted by Crippen LogP contribution is 2.18. The van der Waals surface area contributed by atoms with Crippen LogP contribution in [-0.2, 0) is 6.54 Å². The van der Waals surface area contributed by atoms with Crippen LogP contribution in [0, 0.1) is 17.5 Å². The summed E-state index contributed by atoms with van der Waals surface area (Å²) in [6.45, 7) is 3.67. The lowest BCUT2D eigenvalue weighted by Crippen LogP contribution is -2.12. The number of rotatable bonds is 5. The first-order valence-corrected chi connectivity index (χ1v) is 8.41. The van der Waals surface area contributed by atoms with Crippen molar-refractivity contribution < 1.29 is 18.0 Å². The minimum atomic E-state index is -1.51. The number of carbonyl (C=O) groups is 1. The lowest BCUT2D eigenvalue weighted by atomic mass is 10.2. The van der Waals surface area contributed by atoms with Crippen LogP contribution in [0.4, 0.5) is 19.0 Å². The molecule has 9 heteroatoms. The van der Waals surface area contributed by atoms with Crippen LogP contribution in [0.2, 0.25) is 0 Å². The van der Waals surface area contributed by atoms with Gasteiger partial charge >= 0.3 is 0 Å². The standard InChI is InChI=1S/C18H12BrF3N4O/c1-2-15-12(19)5-11(6-23-15)18(27)25-16-8-26(9-24-16)7-10-3-13(20)17(22)14(21)4-10/h2-6,8-9H,1,7H2,(H,25,27). The number of amides is 1. The van der Waals surface area contributed by atoms with Crippen molar-refractivity contribution in [3.8, 4) is 0 Å². The molecule has 3 rings (SSSR count). The molecule has 5 nitrogen and oxygen atoms in total. The van der Waals surface area contributed by atoms with Crippen molar-refractivity contribution in [2.75, 3.05) is 5.32 Å². The molecule has 0 atom stereocenters. The Labute approximate surface area is 160 Å². The Balaban J connectivity index is 1.71. The molecule has 1 N–H and O–H groups in total. The Hall–Kier alpha value is -2.94. The molecule has 138 valence electrons. The molecular weight excluding hydrogens is 425 g/mol. The van der Waals surface area contributed by atoms with Gasteiger partial charge in [0.1, 0.15) is 0 Å². The number of anilines is 1. The van der Waals surface area contributed by atoms with Crippen molar-refractivity contribution in [3.63, 3.8) is 0 Å². The predicted molar refractivity (Wildman–Crippen MR) is 97.6 cm³/mol. The maximum atomic E-state index is 13.3. The van der Waals surface area contributed by atoms with E-state index in [-0.39, 0.29) is 17.9 Å². The number of carbonyl (C=O) groups excluding carboxylic acids is 1. The molecule has 0 bridgehead atoms. The molecule has 2 aromatic heterocycles. The highest BCUT2D eigenvalue weighted by molar-refractivity contribution is 9.10. The van der Waals surface area contributed by atoms with Gasteiger partial charge in [-0.3, -0.25) is 9.78 Å². The van der Waals surface area contributed by atoms with Crippen molar-refractivity contribution in [2.45, 2.75) is 6.54 Å². The normalized spacial score (nSPS) is 10.7. The van der Waals surface area contributed by atoms with Gasteiger partial charge in [0.15, 0.2) is 23.3 Å². The molecule has 0 unspecified atom stereocenters. The SMILES string of the molecule is C=Cc1ncc(C(=O)Nc2cn(Cc3cc(F)c(F)c(F)c3)cn2)cc1Br. The summed E-state index contributed by atoms with van der Waals surface area (Å²) in [5.74, 6) is -4.23. The largest absolute Gasteiger partial charge is 0.331 e. The smallest absolute Gasteiger partial charge is 0.258 e. The molecule has 2 heterocycles. The van der Waals surface area contributed by atoms with Gasteiger partial charge < -0.3 is 9.88 Å². The molecule has 0 aliphatic carbocycles. The predicted octanol–water partition coefficient (Wildman–Crippen LogP) is 4.40. The summed E-state index contributed by atoms with van der Waals surface area (Å²) in [4.78, 5) is 20.4. The van der Waals surface area contributed by atoms with Crippen LogP contribution >= 0.6 is 15.9 Å². The molecule has 1 aromatic carbocycles. The molecule has 27 heavy (non-hydrogen) atoms. The van der Waals surface area contributed by atoms with E-state index in [0.29, 0.717) is 15.7 Å². The van der Waals surface area contributed by atoms with E-state index in [4.69, 9.17) is 0 Å². The Morgan fingerprint density at radius 3 is 2.56 bits per heavy atom. The van der Waals surface area contributed by atoms with Gasteiger partial charge in [0.25, 0.3) is 5.91 Å². The zero-order chi connectivity index (χ0) is 19.6. The minimum absolute atomic E-state index is 0.0537. The number of hydrogen-bond acceptors (Lipinski definition) is 3. The molecule has 0 aliphatic rings. The first-order chi connectivity index (χ1) is 12.9. The van der Waals surface area contributed by atoms with Crippen LogP contribution in [0.15, 0.2) is 48.0 Å². The maximum Gasteiger partial charge on any atom is 0.258 e.